The number of rotatable bonds is 5. The Morgan fingerprint density at radius 2 is 2.05 bits per heavy atom. The highest BCUT2D eigenvalue weighted by molar-refractivity contribution is 8.01. The minimum atomic E-state index is -0.404. The lowest BCUT2D eigenvalue weighted by Crippen LogP contribution is -2.35. The van der Waals surface area contributed by atoms with Crippen LogP contribution in [0.4, 0.5) is 5.69 Å². The standard InChI is InChI=1S/C14H18N4O2S/c1-9(2)17-18-14-16-13(20)11(21-14)8-12(19)15-10-6-4-3-5-7-10/h3-7,11,14,18H,8H2,1-2H3,(H,15,19)(H,16,20). The fourth-order valence-electron chi connectivity index (χ4n) is 1.78. The van der Waals surface area contributed by atoms with Gasteiger partial charge in [-0.1, -0.05) is 18.2 Å². The first-order valence-electron chi connectivity index (χ1n) is 6.62. The van der Waals surface area contributed by atoms with E-state index >= 15 is 0 Å². The van der Waals surface area contributed by atoms with Crippen LogP contribution in [0.1, 0.15) is 20.3 Å². The first kappa shape index (κ1) is 15.4. The highest BCUT2D eigenvalue weighted by Crippen LogP contribution is 2.25. The van der Waals surface area contributed by atoms with E-state index in [0.29, 0.717) is 0 Å². The van der Waals surface area contributed by atoms with Crippen molar-refractivity contribution in [2.45, 2.75) is 31.0 Å². The Kier molecular flexibility index (Phi) is 5.21. The van der Waals surface area contributed by atoms with E-state index in [2.05, 4.69) is 21.2 Å². The molecule has 112 valence electrons. The van der Waals surface area contributed by atoms with Crippen LogP contribution in [0.5, 0.6) is 0 Å². The van der Waals surface area contributed by atoms with E-state index in [1.807, 2.05) is 44.2 Å². The Hall–Kier alpha value is -2.02. The number of carbonyl (C=O) groups excluding carboxylic acids is 2. The van der Waals surface area contributed by atoms with E-state index in [9.17, 15) is 9.59 Å². The molecular formula is C14H18N4O2S. The number of thioether (sulfide) groups is 1. The summed E-state index contributed by atoms with van der Waals surface area (Å²) in [7, 11) is 0. The Balaban J connectivity index is 1.84. The van der Waals surface area contributed by atoms with Gasteiger partial charge >= 0.3 is 0 Å². The lowest BCUT2D eigenvalue weighted by atomic mass is 10.2. The number of amides is 2. The van der Waals surface area contributed by atoms with Crippen LogP contribution in [0.3, 0.4) is 0 Å². The molecule has 0 radical (unpaired) electrons. The Morgan fingerprint density at radius 3 is 2.71 bits per heavy atom. The van der Waals surface area contributed by atoms with Gasteiger partial charge in [0.15, 0.2) is 5.50 Å². The van der Waals surface area contributed by atoms with Gasteiger partial charge < -0.3 is 10.6 Å². The topological polar surface area (TPSA) is 82.6 Å². The number of benzene rings is 1. The number of carbonyl (C=O) groups is 2. The molecule has 2 rings (SSSR count). The van der Waals surface area contributed by atoms with Gasteiger partial charge in [-0.15, -0.1) is 11.8 Å². The molecule has 1 saturated heterocycles. The van der Waals surface area contributed by atoms with Gasteiger partial charge in [-0.3, -0.25) is 15.0 Å². The van der Waals surface area contributed by atoms with Crippen molar-refractivity contribution in [3.05, 3.63) is 30.3 Å². The summed E-state index contributed by atoms with van der Waals surface area (Å²) in [6.07, 6.45) is 0.137. The molecule has 0 saturated carbocycles. The molecule has 0 bridgehead atoms. The van der Waals surface area contributed by atoms with Crippen LogP contribution in [0.25, 0.3) is 0 Å². The maximum Gasteiger partial charge on any atom is 0.236 e. The van der Waals surface area contributed by atoms with Crippen molar-refractivity contribution >= 4 is 35.0 Å². The summed E-state index contributed by atoms with van der Waals surface area (Å²) in [6.45, 7) is 3.72. The number of hydrogen-bond acceptors (Lipinski definition) is 5. The minimum absolute atomic E-state index is 0.137. The predicted octanol–water partition coefficient (Wildman–Crippen LogP) is 1.52. The normalized spacial score (nSPS) is 20.6. The van der Waals surface area contributed by atoms with E-state index in [-0.39, 0.29) is 23.7 Å². The second-order valence-corrected chi connectivity index (χ2v) is 6.13. The van der Waals surface area contributed by atoms with Crippen molar-refractivity contribution in [3.63, 3.8) is 0 Å². The summed E-state index contributed by atoms with van der Waals surface area (Å²) in [6, 6.07) is 9.18. The van der Waals surface area contributed by atoms with Crippen LogP contribution in [-0.4, -0.2) is 28.3 Å². The molecule has 1 aliphatic rings. The number of nitrogens with zero attached hydrogens (tertiary/aromatic N) is 1. The SMILES string of the molecule is CC(C)=NNC1NC(=O)C(CC(=O)Nc2ccccc2)S1. The molecule has 1 fully saturated rings. The summed E-state index contributed by atoms with van der Waals surface area (Å²) in [4.78, 5) is 23.8. The molecule has 0 aromatic heterocycles. The molecule has 1 heterocycles. The first-order chi connectivity index (χ1) is 10.0. The van der Waals surface area contributed by atoms with Crippen molar-refractivity contribution in [1.29, 1.82) is 0 Å². The quantitative estimate of drug-likeness (QED) is 0.569. The molecule has 7 heteroatoms. The smallest absolute Gasteiger partial charge is 0.236 e. The fourth-order valence-corrected chi connectivity index (χ4v) is 2.84. The van der Waals surface area contributed by atoms with Gasteiger partial charge in [-0.05, 0) is 26.0 Å². The lowest BCUT2D eigenvalue weighted by Gasteiger charge is -2.09. The number of nitrogens with one attached hydrogen (secondary N) is 3. The average molecular weight is 306 g/mol. The van der Waals surface area contributed by atoms with Crippen molar-refractivity contribution in [3.8, 4) is 0 Å². The highest BCUT2D eigenvalue weighted by Gasteiger charge is 2.34. The van der Waals surface area contributed by atoms with Gasteiger partial charge in [0.25, 0.3) is 0 Å². The van der Waals surface area contributed by atoms with Crippen LogP contribution in [0.2, 0.25) is 0 Å². The molecule has 1 aliphatic heterocycles. The van der Waals surface area contributed by atoms with Crippen molar-refractivity contribution in [2.24, 2.45) is 5.10 Å². The van der Waals surface area contributed by atoms with Crippen LogP contribution in [0, 0.1) is 0 Å². The minimum Gasteiger partial charge on any atom is -0.326 e. The molecule has 0 spiro atoms. The Morgan fingerprint density at radius 1 is 1.33 bits per heavy atom. The molecule has 21 heavy (non-hydrogen) atoms. The van der Waals surface area contributed by atoms with E-state index in [4.69, 9.17) is 0 Å². The van der Waals surface area contributed by atoms with E-state index in [1.165, 1.54) is 11.8 Å². The molecule has 6 nitrogen and oxygen atoms in total. The molecular weight excluding hydrogens is 288 g/mol. The maximum absolute atomic E-state index is 11.9. The van der Waals surface area contributed by atoms with Gasteiger partial charge in [0, 0.05) is 17.8 Å². The molecule has 2 unspecified atom stereocenters. The summed E-state index contributed by atoms with van der Waals surface area (Å²) in [5, 5.41) is 9.18. The van der Waals surface area contributed by atoms with Gasteiger partial charge in [0.1, 0.15) is 0 Å². The van der Waals surface area contributed by atoms with Crippen LogP contribution in [0.15, 0.2) is 35.4 Å². The zero-order chi connectivity index (χ0) is 15.2. The monoisotopic (exact) mass is 306 g/mol. The van der Waals surface area contributed by atoms with E-state index < -0.39 is 5.25 Å². The third-order valence-electron chi connectivity index (χ3n) is 2.70. The maximum atomic E-state index is 11.9. The largest absolute Gasteiger partial charge is 0.326 e. The Bertz CT molecular complexity index is 543. The summed E-state index contributed by atoms with van der Waals surface area (Å²) in [5.74, 6) is -0.325. The van der Waals surface area contributed by atoms with Crippen LogP contribution >= 0.6 is 11.8 Å². The number of para-hydroxylation sites is 1. The third-order valence-corrected chi connectivity index (χ3v) is 3.90. The molecule has 3 N–H and O–H groups in total. The first-order valence-corrected chi connectivity index (χ1v) is 7.56. The van der Waals surface area contributed by atoms with Gasteiger partial charge in [0.2, 0.25) is 11.8 Å². The predicted molar refractivity (Wildman–Crippen MR) is 84.9 cm³/mol. The van der Waals surface area contributed by atoms with Crippen molar-refractivity contribution in [2.75, 3.05) is 5.32 Å². The highest BCUT2D eigenvalue weighted by atomic mass is 32.2. The van der Waals surface area contributed by atoms with Gasteiger partial charge in [-0.2, -0.15) is 5.10 Å². The van der Waals surface area contributed by atoms with Crippen molar-refractivity contribution in [1.82, 2.24) is 10.7 Å². The molecule has 0 aliphatic carbocycles. The average Bonchev–Trinajstić information content (AvgIpc) is 2.78. The van der Waals surface area contributed by atoms with Crippen LogP contribution < -0.4 is 16.1 Å². The number of hydrogen-bond donors (Lipinski definition) is 3. The zero-order valence-corrected chi connectivity index (χ0v) is 12.7. The molecule has 1 aromatic carbocycles. The van der Waals surface area contributed by atoms with E-state index in [1.54, 1.807) is 0 Å². The second-order valence-electron chi connectivity index (χ2n) is 4.82. The van der Waals surface area contributed by atoms with Gasteiger partial charge in [-0.25, -0.2) is 0 Å². The number of hydrazone groups is 1. The second kappa shape index (κ2) is 7.12. The van der Waals surface area contributed by atoms with Crippen molar-refractivity contribution < 1.29 is 9.59 Å². The zero-order valence-electron chi connectivity index (χ0n) is 11.9. The summed E-state index contributed by atoms with van der Waals surface area (Å²) < 4.78 is 0. The molecule has 2 amide bonds. The third kappa shape index (κ3) is 4.78. The lowest BCUT2D eigenvalue weighted by molar-refractivity contribution is -0.123. The summed E-state index contributed by atoms with van der Waals surface area (Å²) in [5.41, 5.74) is 4.16. The van der Waals surface area contributed by atoms with Gasteiger partial charge in [0.05, 0.1) is 5.25 Å². The number of anilines is 1. The Labute approximate surface area is 127 Å². The molecule has 1 aromatic rings. The van der Waals surface area contributed by atoms with Crippen LogP contribution in [-0.2, 0) is 9.59 Å². The van der Waals surface area contributed by atoms with E-state index in [0.717, 1.165) is 11.4 Å². The molecule has 2 atom stereocenters. The fraction of sp³-hybridized carbons (Fsp3) is 0.357. The summed E-state index contributed by atoms with van der Waals surface area (Å²) >= 11 is 1.36.